The molecule has 0 atom stereocenters. The van der Waals surface area contributed by atoms with Crippen LogP contribution in [0.5, 0.6) is 5.75 Å². The molecule has 0 saturated carbocycles. The average Bonchev–Trinajstić information content (AvgIpc) is 3.03. The fraction of sp³-hybridized carbons (Fsp3) is 0.400. The van der Waals surface area contributed by atoms with Crippen molar-refractivity contribution in [1.82, 2.24) is 15.1 Å². The highest BCUT2D eigenvalue weighted by Gasteiger charge is 2.25. The maximum atomic E-state index is 13.0. The molecule has 0 aromatic heterocycles. The van der Waals surface area contributed by atoms with Crippen LogP contribution in [0.25, 0.3) is 0 Å². The summed E-state index contributed by atoms with van der Waals surface area (Å²) in [5.41, 5.74) is 1.24. The van der Waals surface area contributed by atoms with Crippen LogP contribution in [0.2, 0.25) is 0 Å². The summed E-state index contributed by atoms with van der Waals surface area (Å²) in [7, 11) is 1.55. The second kappa shape index (κ2) is 9.85. The van der Waals surface area contributed by atoms with Gasteiger partial charge in [0, 0.05) is 42.8 Å². The molecule has 3 amide bonds. The van der Waals surface area contributed by atoms with Gasteiger partial charge in [0.25, 0.3) is 17.7 Å². The molecule has 32 heavy (non-hydrogen) atoms. The molecule has 1 fully saturated rings. The van der Waals surface area contributed by atoms with E-state index in [1.807, 2.05) is 32.9 Å². The molecular formula is C25H31N3O4. The van der Waals surface area contributed by atoms with Gasteiger partial charge in [-0.15, -0.1) is 0 Å². The van der Waals surface area contributed by atoms with Gasteiger partial charge in [-0.3, -0.25) is 14.4 Å². The Hall–Kier alpha value is -3.35. The second-order valence-electron chi connectivity index (χ2n) is 8.92. The number of ether oxygens (including phenoxy) is 1. The summed E-state index contributed by atoms with van der Waals surface area (Å²) in [5, 5.41) is 2.91. The number of nitrogens with one attached hydrogen (secondary N) is 1. The number of amides is 3. The van der Waals surface area contributed by atoms with Crippen LogP contribution in [0.4, 0.5) is 0 Å². The quantitative estimate of drug-likeness (QED) is 0.797. The summed E-state index contributed by atoms with van der Waals surface area (Å²) in [6, 6.07) is 13.9. The van der Waals surface area contributed by atoms with Gasteiger partial charge >= 0.3 is 0 Å². The van der Waals surface area contributed by atoms with Crippen LogP contribution in [0, 0.1) is 0 Å². The summed E-state index contributed by atoms with van der Waals surface area (Å²) in [5.74, 6) is 0.187. The number of rotatable bonds is 4. The van der Waals surface area contributed by atoms with Crippen LogP contribution in [0.3, 0.4) is 0 Å². The first-order chi connectivity index (χ1) is 15.2. The van der Waals surface area contributed by atoms with E-state index in [9.17, 15) is 14.4 Å². The lowest BCUT2D eigenvalue weighted by Crippen LogP contribution is -2.40. The number of para-hydroxylation sites is 1. The van der Waals surface area contributed by atoms with Crippen LogP contribution in [0.15, 0.2) is 48.5 Å². The normalized spacial score (nSPS) is 14.5. The minimum absolute atomic E-state index is 0.0917. The Morgan fingerprint density at radius 1 is 0.812 bits per heavy atom. The molecule has 0 unspecified atom stereocenters. The molecule has 3 rings (SSSR count). The zero-order valence-electron chi connectivity index (χ0n) is 19.2. The first kappa shape index (κ1) is 23.3. The van der Waals surface area contributed by atoms with Gasteiger partial charge < -0.3 is 19.9 Å². The lowest BCUT2D eigenvalue weighted by Gasteiger charge is -2.23. The van der Waals surface area contributed by atoms with Crippen molar-refractivity contribution in [2.75, 3.05) is 33.3 Å². The molecule has 1 N–H and O–H groups in total. The van der Waals surface area contributed by atoms with Crippen molar-refractivity contribution in [3.8, 4) is 5.75 Å². The number of nitrogens with zero attached hydrogens (tertiary/aromatic N) is 2. The molecule has 7 nitrogen and oxygen atoms in total. The molecule has 2 aromatic carbocycles. The Kier molecular flexibility index (Phi) is 7.18. The molecule has 1 aliphatic heterocycles. The minimum Gasteiger partial charge on any atom is -0.496 e. The monoisotopic (exact) mass is 437 g/mol. The third-order valence-corrected chi connectivity index (χ3v) is 5.29. The zero-order valence-corrected chi connectivity index (χ0v) is 19.2. The van der Waals surface area contributed by atoms with E-state index < -0.39 is 0 Å². The van der Waals surface area contributed by atoms with Gasteiger partial charge in [-0.05, 0) is 63.6 Å². The second-order valence-corrected chi connectivity index (χ2v) is 8.92. The Morgan fingerprint density at radius 3 is 1.97 bits per heavy atom. The molecule has 1 aliphatic rings. The molecule has 2 aromatic rings. The topological polar surface area (TPSA) is 79.0 Å². The van der Waals surface area contributed by atoms with Gasteiger partial charge in [-0.2, -0.15) is 0 Å². The highest BCUT2D eigenvalue weighted by Crippen LogP contribution is 2.20. The van der Waals surface area contributed by atoms with E-state index in [0.717, 1.165) is 0 Å². The van der Waals surface area contributed by atoms with Crippen LogP contribution in [-0.4, -0.2) is 66.3 Å². The molecular weight excluding hydrogens is 406 g/mol. The SMILES string of the molecule is COc1ccccc1C(=O)N1CCCN(C(=O)c2ccc(C(=O)NC(C)(C)C)cc2)CC1. The highest BCUT2D eigenvalue weighted by molar-refractivity contribution is 5.98. The molecule has 0 spiro atoms. The molecule has 1 heterocycles. The van der Waals surface area contributed by atoms with Crippen LogP contribution >= 0.6 is 0 Å². The summed E-state index contributed by atoms with van der Waals surface area (Å²) in [4.78, 5) is 41.8. The number of hydrogen-bond acceptors (Lipinski definition) is 4. The smallest absolute Gasteiger partial charge is 0.257 e. The summed E-state index contributed by atoms with van der Waals surface area (Å²) in [6.45, 7) is 7.81. The maximum absolute atomic E-state index is 13.0. The Balaban J connectivity index is 1.64. The lowest BCUT2D eigenvalue weighted by atomic mass is 10.1. The lowest BCUT2D eigenvalue weighted by molar-refractivity contribution is 0.0717. The van der Waals surface area contributed by atoms with E-state index in [2.05, 4.69) is 5.32 Å². The third-order valence-electron chi connectivity index (χ3n) is 5.29. The van der Waals surface area contributed by atoms with Gasteiger partial charge in [-0.25, -0.2) is 0 Å². The van der Waals surface area contributed by atoms with Crippen LogP contribution in [0.1, 0.15) is 58.3 Å². The van der Waals surface area contributed by atoms with Gasteiger partial charge in [0.05, 0.1) is 12.7 Å². The summed E-state index contributed by atoms with van der Waals surface area (Å²) < 4.78 is 5.32. The summed E-state index contributed by atoms with van der Waals surface area (Å²) in [6.07, 6.45) is 0.693. The number of hydrogen-bond donors (Lipinski definition) is 1. The van der Waals surface area contributed by atoms with Crippen molar-refractivity contribution in [1.29, 1.82) is 0 Å². The van der Waals surface area contributed by atoms with Crippen molar-refractivity contribution in [3.63, 3.8) is 0 Å². The molecule has 0 radical (unpaired) electrons. The maximum Gasteiger partial charge on any atom is 0.257 e. The number of methoxy groups -OCH3 is 1. The average molecular weight is 438 g/mol. The predicted molar refractivity (Wildman–Crippen MR) is 123 cm³/mol. The molecule has 0 bridgehead atoms. The van der Waals surface area contributed by atoms with Crippen LogP contribution < -0.4 is 10.1 Å². The standard InChI is InChI=1S/C25H31N3O4/c1-25(2,3)26-22(29)18-10-12-19(13-11-18)23(30)27-14-7-15-28(17-16-27)24(31)20-8-5-6-9-21(20)32-4/h5-6,8-13H,7,14-17H2,1-4H3,(H,26,29). The van der Waals surface area contributed by atoms with Gasteiger partial charge in [0.1, 0.15) is 5.75 Å². The minimum atomic E-state index is -0.329. The Bertz CT molecular complexity index is 979. The van der Waals surface area contributed by atoms with E-state index in [-0.39, 0.29) is 23.3 Å². The van der Waals surface area contributed by atoms with Crippen LogP contribution in [-0.2, 0) is 0 Å². The van der Waals surface area contributed by atoms with Crippen molar-refractivity contribution in [2.45, 2.75) is 32.7 Å². The fourth-order valence-electron chi connectivity index (χ4n) is 3.67. The first-order valence-electron chi connectivity index (χ1n) is 10.8. The number of carbonyl (C=O) groups excluding carboxylic acids is 3. The van der Waals surface area contributed by atoms with E-state index in [4.69, 9.17) is 4.74 Å². The van der Waals surface area contributed by atoms with E-state index in [1.165, 1.54) is 0 Å². The largest absolute Gasteiger partial charge is 0.496 e. The Labute approximate surface area is 189 Å². The van der Waals surface area contributed by atoms with Crippen molar-refractivity contribution in [2.24, 2.45) is 0 Å². The molecule has 170 valence electrons. The number of benzene rings is 2. The van der Waals surface area contributed by atoms with Gasteiger partial charge in [0.2, 0.25) is 0 Å². The van der Waals surface area contributed by atoms with Crippen molar-refractivity contribution >= 4 is 17.7 Å². The molecule has 7 heteroatoms. The first-order valence-corrected chi connectivity index (χ1v) is 10.8. The summed E-state index contributed by atoms with van der Waals surface area (Å²) >= 11 is 0. The van der Waals surface area contributed by atoms with Gasteiger partial charge in [0.15, 0.2) is 0 Å². The molecule has 0 aliphatic carbocycles. The zero-order chi connectivity index (χ0) is 23.3. The predicted octanol–water partition coefficient (Wildman–Crippen LogP) is 3.21. The fourth-order valence-corrected chi connectivity index (χ4v) is 3.67. The van der Waals surface area contributed by atoms with Crippen molar-refractivity contribution in [3.05, 3.63) is 65.2 Å². The highest BCUT2D eigenvalue weighted by atomic mass is 16.5. The van der Waals surface area contributed by atoms with Crippen molar-refractivity contribution < 1.29 is 19.1 Å². The molecule has 1 saturated heterocycles. The van der Waals surface area contributed by atoms with E-state index >= 15 is 0 Å². The van der Waals surface area contributed by atoms with E-state index in [0.29, 0.717) is 55.0 Å². The number of carbonyl (C=O) groups is 3. The van der Waals surface area contributed by atoms with E-state index in [1.54, 1.807) is 53.3 Å². The third kappa shape index (κ3) is 5.66. The van der Waals surface area contributed by atoms with Gasteiger partial charge in [-0.1, -0.05) is 12.1 Å². The Morgan fingerprint density at radius 2 is 1.38 bits per heavy atom.